The molecule has 1 aliphatic rings. The number of esters is 2. The fraction of sp³-hybridized carbons (Fsp3) is 0.231. The molecule has 0 spiro atoms. The van der Waals surface area contributed by atoms with Gasteiger partial charge >= 0.3 is 11.9 Å². The molecule has 0 aliphatic carbocycles. The van der Waals surface area contributed by atoms with Crippen molar-refractivity contribution < 1.29 is 19.1 Å². The zero-order valence-corrected chi connectivity index (χ0v) is 9.60. The first kappa shape index (κ1) is 11.4. The Kier molecular flexibility index (Phi) is 2.95. The normalized spacial score (nSPS) is 18.6. The van der Waals surface area contributed by atoms with E-state index in [0.717, 1.165) is 11.1 Å². The first-order valence-corrected chi connectivity index (χ1v) is 5.24. The topological polar surface area (TPSA) is 52.6 Å². The molecule has 1 aliphatic heterocycles. The van der Waals surface area contributed by atoms with Crippen LogP contribution in [0.25, 0.3) is 0 Å². The lowest BCUT2D eigenvalue weighted by atomic mass is 10.0. The summed E-state index contributed by atoms with van der Waals surface area (Å²) in [6, 6.07) is 7.49. The molecule has 0 aromatic heterocycles. The first-order valence-electron chi connectivity index (χ1n) is 5.24. The fourth-order valence-electron chi connectivity index (χ4n) is 1.75. The second-order valence-electron chi connectivity index (χ2n) is 3.81. The number of rotatable bonds is 2. The van der Waals surface area contributed by atoms with Gasteiger partial charge < -0.3 is 9.47 Å². The number of benzene rings is 1. The first-order chi connectivity index (χ1) is 8.08. The molecule has 1 atom stereocenters. The highest BCUT2D eigenvalue weighted by Crippen LogP contribution is 2.33. The smallest absolute Gasteiger partial charge is 0.335 e. The van der Waals surface area contributed by atoms with Crippen LogP contribution in [0.5, 0.6) is 0 Å². The van der Waals surface area contributed by atoms with E-state index in [0.29, 0.717) is 0 Å². The Hall–Kier alpha value is -2.10. The average Bonchev–Trinajstić information content (AvgIpc) is 2.59. The van der Waals surface area contributed by atoms with Crippen molar-refractivity contribution in [2.45, 2.75) is 20.0 Å². The number of cyclic esters (lactones) is 1. The third-order valence-corrected chi connectivity index (χ3v) is 2.49. The molecule has 0 N–H and O–H groups in total. The molecule has 0 bridgehead atoms. The lowest BCUT2D eigenvalue weighted by molar-refractivity contribution is -0.143. The van der Waals surface area contributed by atoms with E-state index in [4.69, 9.17) is 9.47 Å². The van der Waals surface area contributed by atoms with Crippen LogP contribution in [0.15, 0.2) is 36.1 Å². The van der Waals surface area contributed by atoms with Crippen molar-refractivity contribution in [1.82, 2.24) is 0 Å². The SMILES string of the molecule is CC(=O)OC1=CC(=O)O[C@@H]1c1ccccc1C. The van der Waals surface area contributed by atoms with Gasteiger partial charge in [0, 0.05) is 12.5 Å². The highest BCUT2D eigenvalue weighted by molar-refractivity contribution is 5.86. The number of carbonyl (C=O) groups excluding carboxylic acids is 2. The minimum atomic E-state index is -0.618. The zero-order chi connectivity index (χ0) is 12.4. The molecule has 88 valence electrons. The highest BCUT2D eigenvalue weighted by atomic mass is 16.6. The van der Waals surface area contributed by atoms with Crippen LogP contribution in [-0.4, -0.2) is 11.9 Å². The van der Waals surface area contributed by atoms with Crippen LogP contribution >= 0.6 is 0 Å². The molecule has 1 aromatic rings. The van der Waals surface area contributed by atoms with Gasteiger partial charge in [0.05, 0.1) is 6.08 Å². The Morgan fingerprint density at radius 1 is 1.35 bits per heavy atom. The van der Waals surface area contributed by atoms with E-state index < -0.39 is 18.0 Å². The summed E-state index contributed by atoms with van der Waals surface area (Å²) in [6.07, 6.45) is 0.589. The second-order valence-corrected chi connectivity index (χ2v) is 3.81. The van der Waals surface area contributed by atoms with E-state index in [-0.39, 0.29) is 5.76 Å². The van der Waals surface area contributed by atoms with E-state index >= 15 is 0 Å². The van der Waals surface area contributed by atoms with E-state index in [1.54, 1.807) is 0 Å². The van der Waals surface area contributed by atoms with E-state index in [1.807, 2.05) is 31.2 Å². The number of hydrogen-bond donors (Lipinski definition) is 0. The molecule has 17 heavy (non-hydrogen) atoms. The van der Waals surface area contributed by atoms with Crippen LogP contribution in [-0.2, 0) is 19.1 Å². The monoisotopic (exact) mass is 232 g/mol. The van der Waals surface area contributed by atoms with Crippen LogP contribution in [0.4, 0.5) is 0 Å². The summed E-state index contributed by atoms with van der Waals surface area (Å²) in [5.41, 5.74) is 1.80. The Morgan fingerprint density at radius 3 is 2.71 bits per heavy atom. The van der Waals surface area contributed by atoms with E-state index in [1.165, 1.54) is 13.0 Å². The van der Waals surface area contributed by atoms with Gasteiger partial charge in [0.1, 0.15) is 0 Å². The third-order valence-electron chi connectivity index (χ3n) is 2.49. The molecule has 0 unspecified atom stereocenters. The van der Waals surface area contributed by atoms with Crippen molar-refractivity contribution in [2.24, 2.45) is 0 Å². The summed E-state index contributed by atoms with van der Waals surface area (Å²) < 4.78 is 10.1. The van der Waals surface area contributed by atoms with Crippen molar-refractivity contribution in [3.8, 4) is 0 Å². The molecule has 0 fully saturated rings. The number of aryl methyl sites for hydroxylation is 1. The molecule has 0 amide bonds. The molecule has 1 aromatic carbocycles. The molecule has 0 saturated carbocycles. The zero-order valence-electron chi connectivity index (χ0n) is 9.60. The van der Waals surface area contributed by atoms with Gasteiger partial charge in [0.15, 0.2) is 11.9 Å². The van der Waals surface area contributed by atoms with Crippen LogP contribution in [0.3, 0.4) is 0 Å². The third kappa shape index (κ3) is 2.36. The summed E-state index contributed by atoms with van der Waals surface area (Å²) in [6.45, 7) is 3.20. The van der Waals surface area contributed by atoms with Gasteiger partial charge in [-0.05, 0) is 12.5 Å². The van der Waals surface area contributed by atoms with Crippen molar-refractivity contribution >= 4 is 11.9 Å². The molecule has 0 radical (unpaired) electrons. The van der Waals surface area contributed by atoms with Crippen LogP contribution < -0.4 is 0 Å². The van der Waals surface area contributed by atoms with Crippen LogP contribution in [0, 0.1) is 6.92 Å². The van der Waals surface area contributed by atoms with Gasteiger partial charge in [-0.3, -0.25) is 4.79 Å². The minimum absolute atomic E-state index is 0.247. The number of ether oxygens (including phenoxy) is 2. The molecule has 0 saturated heterocycles. The maximum absolute atomic E-state index is 11.2. The largest absolute Gasteiger partial charge is 0.446 e. The van der Waals surface area contributed by atoms with Gasteiger partial charge in [-0.1, -0.05) is 24.3 Å². The maximum Gasteiger partial charge on any atom is 0.335 e. The molecule has 2 rings (SSSR count). The van der Waals surface area contributed by atoms with Crippen molar-refractivity contribution in [3.05, 3.63) is 47.2 Å². The lowest BCUT2D eigenvalue weighted by Crippen LogP contribution is -2.09. The number of hydrogen-bond acceptors (Lipinski definition) is 4. The van der Waals surface area contributed by atoms with Gasteiger partial charge in [-0.15, -0.1) is 0 Å². The van der Waals surface area contributed by atoms with Crippen molar-refractivity contribution in [2.75, 3.05) is 0 Å². The Labute approximate surface area is 98.8 Å². The van der Waals surface area contributed by atoms with Crippen molar-refractivity contribution in [1.29, 1.82) is 0 Å². The minimum Gasteiger partial charge on any atom is -0.446 e. The molecule has 4 heteroatoms. The van der Waals surface area contributed by atoms with E-state index in [2.05, 4.69) is 0 Å². The average molecular weight is 232 g/mol. The highest BCUT2D eigenvalue weighted by Gasteiger charge is 2.31. The Morgan fingerprint density at radius 2 is 2.06 bits per heavy atom. The van der Waals surface area contributed by atoms with Gasteiger partial charge in [0.25, 0.3) is 0 Å². The summed E-state index contributed by atoms with van der Waals surface area (Å²) in [5, 5.41) is 0. The Balaban J connectivity index is 2.33. The van der Waals surface area contributed by atoms with Gasteiger partial charge in [0.2, 0.25) is 0 Å². The summed E-state index contributed by atoms with van der Waals surface area (Å²) in [5.74, 6) is -0.709. The predicted octanol–water partition coefficient (Wildman–Crippen LogP) is 2.04. The second kappa shape index (κ2) is 4.41. The standard InChI is InChI=1S/C13H12O4/c1-8-5-3-4-6-10(8)13-11(16-9(2)14)7-12(15)17-13/h3-7,13H,1-2H3/t13-/m1/s1. The quantitative estimate of drug-likeness (QED) is 0.732. The van der Waals surface area contributed by atoms with E-state index in [9.17, 15) is 9.59 Å². The fourth-order valence-corrected chi connectivity index (χ4v) is 1.75. The molecular weight excluding hydrogens is 220 g/mol. The Bertz CT molecular complexity index is 502. The predicted molar refractivity (Wildman–Crippen MR) is 59.9 cm³/mol. The molecule has 1 heterocycles. The lowest BCUT2D eigenvalue weighted by Gasteiger charge is -2.15. The summed E-state index contributed by atoms with van der Waals surface area (Å²) in [7, 11) is 0. The van der Waals surface area contributed by atoms with Gasteiger partial charge in [-0.2, -0.15) is 0 Å². The maximum atomic E-state index is 11.2. The van der Waals surface area contributed by atoms with Gasteiger partial charge in [-0.25, -0.2) is 4.79 Å². The number of carbonyl (C=O) groups is 2. The summed E-state index contributed by atoms with van der Waals surface area (Å²) >= 11 is 0. The summed E-state index contributed by atoms with van der Waals surface area (Å²) in [4.78, 5) is 22.2. The molecule has 4 nitrogen and oxygen atoms in total. The molecular formula is C13H12O4. The van der Waals surface area contributed by atoms with Crippen molar-refractivity contribution in [3.63, 3.8) is 0 Å². The van der Waals surface area contributed by atoms with Crippen LogP contribution in [0.2, 0.25) is 0 Å². The van der Waals surface area contributed by atoms with Crippen LogP contribution in [0.1, 0.15) is 24.2 Å².